The van der Waals surface area contributed by atoms with Crippen molar-refractivity contribution in [3.8, 4) is 0 Å². The van der Waals surface area contributed by atoms with Gasteiger partial charge in [0.05, 0.1) is 18.0 Å². The Bertz CT molecular complexity index is 526. The fourth-order valence-electron chi connectivity index (χ4n) is 3.70. The molecule has 5 nitrogen and oxygen atoms in total. The number of ether oxygens (including phenoxy) is 1. The summed E-state index contributed by atoms with van der Waals surface area (Å²) in [4.78, 5) is 18.8. The number of piperidine rings is 1. The molecule has 1 saturated heterocycles. The summed E-state index contributed by atoms with van der Waals surface area (Å²) in [5.41, 5.74) is 1.14. The summed E-state index contributed by atoms with van der Waals surface area (Å²) in [7, 11) is 0. The number of nitrogens with zero attached hydrogens (tertiary/aromatic N) is 2. The van der Waals surface area contributed by atoms with Gasteiger partial charge in [0.2, 0.25) is 0 Å². The molecule has 1 aromatic heterocycles. The van der Waals surface area contributed by atoms with Crippen LogP contribution >= 0.6 is 0 Å². The summed E-state index contributed by atoms with van der Waals surface area (Å²) in [5.74, 6) is 1.18. The Labute approximate surface area is 144 Å². The zero-order chi connectivity index (χ0) is 16.8. The number of anilines is 2. The topological polar surface area (TPSA) is 54.5 Å². The number of amides is 1. The molecule has 0 bridgehead atoms. The van der Waals surface area contributed by atoms with Crippen LogP contribution in [0.5, 0.6) is 0 Å². The first-order chi connectivity index (χ1) is 11.7. The predicted molar refractivity (Wildman–Crippen MR) is 96.3 cm³/mol. The number of hydrogen-bond acceptors (Lipinski definition) is 4. The largest absolute Gasteiger partial charge is 0.370 e. The van der Waals surface area contributed by atoms with Crippen molar-refractivity contribution in [2.24, 2.45) is 5.92 Å². The van der Waals surface area contributed by atoms with Gasteiger partial charge in [-0.2, -0.15) is 0 Å². The summed E-state index contributed by atoms with van der Waals surface area (Å²) in [6, 6.07) is 3.92. The fraction of sp³-hybridized carbons (Fsp3) is 0.684. The molecule has 1 N–H and O–H groups in total. The molecule has 132 valence electrons. The zero-order valence-corrected chi connectivity index (χ0v) is 14.7. The number of hydrogen-bond donors (Lipinski definition) is 1. The molecule has 0 unspecified atom stereocenters. The molecule has 1 saturated carbocycles. The van der Waals surface area contributed by atoms with Crippen LogP contribution in [0.4, 0.5) is 11.5 Å². The summed E-state index contributed by atoms with van der Waals surface area (Å²) < 4.78 is 5.76. The Morgan fingerprint density at radius 2 is 2.08 bits per heavy atom. The van der Waals surface area contributed by atoms with Crippen LogP contribution in [0, 0.1) is 5.92 Å². The molecule has 0 aromatic carbocycles. The average Bonchev–Trinajstić information content (AvgIpc) is 2.61. The van der Waals surface area contributed by atoms with Crippen LogP contribution in [-0.2, 0) is 9.53 Å². The SMILES string of the molecule is C[C@H]1CCC[C@@H](OCC(=O)Nc2ccc(N3CCCCC3)cn2)C1. The van der Waals surface area contributed by atoms with Gasteiger partial charge in [-0.25, -0.2) is 4.98 Å². The summed E-state index contributed by atoms with van der Waals surface area (Å²) in [5, 5.41) is 2.83. The molecule has 1 aliphatic carbocycles. The molecule has 1 aromatic rings. The minimum atomic E-state index is -0.119. The van der Waals surface area contributed by atoms with E-state index in [1.54, 1.807) is 0 Å². The lowest BCUT2D eigenvalue weighted by Gasteiger charge is -2.28. The first kappa shape index (κ1) is 17.2. The molecule has 24 heavy (non-hydrogen) atoms. The Morgan fingerprint density at radius 3 is 2.79 bits per heavy atom. The van der Waals surface area contributed by atoms with Crippen LogP contribution in [0.15, 0.2) is 18.3 Å². The van der Waals surface area contributed by atoms with Crippen molar-refractivity contribution in [1.29, 1.82) is 0 Å². The van der Waals surface area contributed by atoms with Crippen molar-refractivity contribution in [2.45, 2.75) is 58.0 Å². The highest BCUT2D eigenvalue weighted by Crippen LogP contribution is 2.25. The highest BCUT2D eigenvalue weighted by molar-refractivity contribution is 5.90. The van der Waals surface area contributed by atoms with Gasteiger partial charge in [-0.05, 0) is 50.2 Å². The molecule has 1 aliphatic heterocycles. The van der Waals surface area contributed by atoms with Crippen molar-refractivity contribution >= 4 is 17.4 Å². The van der Waals surface area contributed by atoms with Gasteiger partial charge in [-0.15, -0.1) is 0 Å². The molecular weight excluding hydrogens is 302 g/mol. The Balaban J connectivity index is 1.44. The molecule has 0 radical (unpaired) electrons. The number of carbonyl (C=O) groups is 1. The van der Waals surface area contributed by atoms with Gasteiger partial charge in [0, 0.05) is 13.1 Å². The normalized spacial score (nSPS) is 24.6. The van der Waals surface area contributed by atoms with Crippen molar-refractivity contribution in [3.05, 3.63) is 18.3 Å². The van der Waals surface area contributed by atoms with Gasteiger partial charge in [-0.1, -0.05) is 19.8 Å². The lowest BCUT2D eigenvalue weighted by atomic mass is 9.89. The molecule has 2 atom stereocenters. The van der Waals surface area contributed by atoms with Crippen molar-refractivity contribution < 1.29 is 9.53 Å². The van der Waals surface area contributed by atoms with Gasteiger partial charge in [0.15, 0.2) is 0 Å². The monoisotopic (exact) mass is 331 g/mol. The molecule has 2 aliphatic rings. The number of rotatable bonds is 5. The van der Waals surface area contributed by atoms with E-state index in [-0.39, 0.29) is 18.6 Å². The first-order valence-electron chi connectivity index (χ1n) is 9.33. The molecule has 3 rings (SSSR count). The third kappa shape index (κ3) is 4.94. The van der Waals surface area contributed by atoms with Crippen LogP contribution in [-0.4, -0.2) is 36.7 Å². The minimum absolute atomic E-state index is 0.118. The third-order valence-corrected chi connectivity index (χ3v) is 5.07. The highest BCUT2D eigenvalue weighted by Gasteiger charge is 2.20. The number of pyridine rings is 1. The molecule has 2 heterocycles. The van der Waals surface area contributed by atoms with Gasteiger partial charge < -0.3 is 15.0 Å². The van der Waals surface area contributed by atoms with E-state index in [0.29, 0.717) is 11.7 Å². The third-order valence-electron chi connectivity index (χ3n) is 5.07. The first-order valence-corrected chi connectivity index (χ1v) is 9.33. The number of aromatic nitrogens is 1. The second kappa shape index (κ2) is 8.47. The second-order valence-corrected chi connectivity index (χ2v) is 7.20. The molecular formula is C19H29N3O2. The lowest BCUT2D eigenvalue weighted by Crippen LogP contribution is -2.29. The van der Waals surface area contributed by atoms with Crippen LogP contribution in [0.3, 0.4) is 0 Å². The molecule has 0 spiro atoms. The van der Waals surface area contributed by atoms with E-state index in [0.717, 1.165) is 31.6 Å². The average molecular weight is 331 g/mol. The van der Waals surface area contributed by atoms with Crippen LogP contribution < -0.4 is 10.2 Å². The Kier molecular flexibility index (Phi) is 6.07. The van der Waals surface area contributed by atoms with Crippen LogP contribution in [0.2, 0.25) is 0 Å². The van der Waals surface area contributed by atoms with E-state index in [1.807, 2.05) is 18.3 Å². The van der Waals surface area contributed by atoms with Crippen molar-refractivity contribution in [2.75, 3.05) is 29.9 Å². The van der Waals surface area contributed by atoms with Crippen molar-refractivity contribution in [3.63, 3.8) is 0 Å². The quantitative estimate of drug-likeness (QED) is 0.895. The van der Waals surface area contributed by atoms with E-state index >= 15 is 0 Å². The predicted octanol–water partition coefficient (Wildman–Crippen LogP) is 3.61. The standard InChI is InChI=1S/C19H29N3O2/c1-15-6-5-7-17(12-15)24-14-19(23)21-18-9-8-16(13-20-18)22-10-3-2-4-11-22/h8-9,13,15,17H,2-7,10-12,14H2,1H3,(H,20,21,23)/t15-,17+/m0/s1. The fourth-order valence-corrected chi connectivity index (χ4v) is 3.70. The van der Waals surface area contributed by atoms with Gasteiger partial charge in [0.25, 0.3) is 5.91 Å². The number of carbonyl (C=O) groups excluding carboxylic acids is 1. The van der Waals surface area contributed by atoms with E-state index in [4.69, 9.17) is 4.74 Å². The van der Waals surface area contributed by atoms with Gasteiger partial charge in [0.1, 0.15) is 12.4 Å². The van der Waals surface area contributed by atoms with Gasteiger partial charge in [-0.3, -0.25) is 4.79 Å². The van der Waals surface area contributed by atoms with Crippen LogP contribution in [0.25, 0.3) is 0 Å². The van der Waals surface area contributed by atoms with Gasteiger partial charge >= 0.3 is 0 Å². The highest BCUT2D eigenvalue weighted by atomic mass is 16.5. The second-order valence-electron chi connectivity index (χ2n) is 7.20. The number of nitrogens with one attached hydrogen (secondary N) is 1. The summed E-state index contributed by atoms with van der Waals surface area (Å²) in [6.07, 6.45) is 10.5. The lowest BCUT2D eigenvalue weighted by molar-refractivity contribution is -0.123. The summed E-state index contributed by atoms with van der Waals surface area (Å²) in [6.45, 7) is 4.57. The maximum absolute atomic E-state index is 12.0. The minimum Gasteiger partial charge on any atom is -0.370 e. The molecule has 2 fully saturated rings. The Hall–Kier alpha value is -1.62. The van der Waals surface area contributed by atoms with Crippen molar-refractivity contribution in [1.82, 2.24) is 4.98 Å². The maximum atomic E-state index is 12.0. The van der Waals surface area contributed by atoms with E-state index in [1.165, 1.54) is 32.1 Å². The van der Waals surface area contributed by atoms with E-state index in [2.05, 4.69) is 22.1 Å². The zero-order valence-electron chi connectivity index (χ0n) is 14.7. The van der Waals surface area contributed by atoms with E-state index in [9.17, 15) is 4.79 Å². The molecule has 1 amide bonds. The smallest absolute Gasteiger partial charge is 0.251 e. The van der Waals surface area contributed by atoms with Crippen LogP contribution in [0.1, 0.15) is 51.9 Å². The maximum Gasteiger partial charge on any atom is 0.251 e. The molecule has 5 heteroatoms. The van der Waals surface area contributed by atoms with E-state index < -0.39 is 0 Å². The Morgan fingerprint density at radius 1 is 1.25 bits per heavy atom. The summed E-state index contributed by atoms with van der Waals surface area (Å²) >= 11 is 0.